The van der Waals surface area contributed by atoms with Gasteiger partial charge in [-0.15, -0.1) is 0 Å². The fourth-order valence-electron chi connectivity index (χ4n) is 3.27. The molecule has 0 saturated heterocycles. The van der Waals surface area contributed by atoms with Gasteiger partial charge >= 0.3 is 0 Å². The van der Waals surface area contributed by atoms with E-state index in [2.05, 4.69) is 13.8 Å². The van der Waals surface area contributed by atoms with Crippen molar-refractivity contribution in [3.63, 3.8) is 0 Å². The monoisotopic (exact) mass is 267 g/mol. The standard InChI is InChI=1S/C15H25NO3/c1-9-4-14(18)16(6-10(9)2)7-12-5-13(8-17)15(19)11(12)3/h6,9,11-13,15,17,19H,4-5,7-8H2,1-3H3. The molecule has 0 aromatic rings. The van der Waals surface area contributed by atoms with Gasteiger partial charge in [-0.3, -0.25) is 4.79 Å². The fourth-order valence-corrected chi connectivity index (χ4v) is 3.27. The van der Waals surface area contributed by atoms with Crippen LogP contribution in [0.25, 0.3) is 0 Å². The zero-order valence-corrected chi connectivity index (χ0v) is 12.0. The van der Waals surface area contributed by atoms with Gasteiger partial charge in [0, 0.05) is 31.7 Å². The fraction of sp³-hybridized carbons (Fsp3) is 0.800. The molecule has 1 fully saturated rings. The predicted molar refractivity (Wildman–Crippen MR) is 73.1 cm³/mol. The summed E-state index contributed by atoms with van der Waals surface area (Å²) in [7, 11) is 0. The van der Waals surface area contributed by atoms with E-state index in [-0.39, 0.29) is 30.3 Å². The molecule has 19 heavy (non-hydrogen) atoms. The summed E-state index contributed by atoms with van der Waals surface area (Å²) in [5.74, 6) is 0.878. The minimum atomic E-state index is -0.445. The molecule has 2 rings (SSSR count). The highest BCUT2D eigenvalue weighted by Crippen LogP contribution is 2.37. The Bertz CT molecular complexity index is 380. The Labute approximate surface area is 115 Å². The van der Waals surface area contributed by atoms with Gasteiger partial charge in [-0.25, -0.2) is 0 Å². The summed E-state index contributed by atoms with van der Waals surface area (Å²) < 4.78 is 0. The molecule has 0 bridgehead atoms. The van der Waals surface area contributed by atoms with Crippen LogP contribution in [-0.2, 0) is 4.79 Å². The molecule has 5 atom stereocenters. The van der Waals surface area contributed by atoms with Gasteiger partial charge in [-0.05, 0) is 31.1 Å². The average Bonchev–Trinajstić information content (AvgIpc) is 2.63. The molecule has 0 spiro atoms. The third-order valence-corrected chi connectivity index (χ3v) is 4.97. The first kappa shape index (κ1) is 14.5. The highest BCUT2D eigenvalue weighted by molar-refractivity contribution is 5.79. The SMILES string of the molecule is CC1=CN(CC2CC(CO)C(O)C2C)C(=O)CC1C. The Morgan fingerprint density at radius 2 is 2.05 bits per heavy atom. The number of aliphatic hydroxyl groups excluding tert-OH is 2. The Hall–Kier alpha value is -0.870. The molecule has 0 aromatic heterocycles. The van der Waals surface area contributed by atoms with Crippen LogP contribution in [-0.4, -0.2) is 40.3 Å². The summed E-state index contributed by atoms with van der Waals surface area (Å²) in [5, 5.41) is 19.3. The van der Waals surface area contributed by atoms with Crippen molar-refractivity contribution in [1.82, 2.24) is 4.90 Å². The van der Waals surface area contributed by atoms with Crippen LogP contribution in [0.1, 0.15) is 33.6 Å². The number of amides is 1. The van der Waals surface area contributed by atoms with Crippen LogP contribution in [0.2, 0.25) is 0 Å². The summed E-state index contributed by atoms with van der Waals surface area (Å²) in [4.78, 5) is 13.9. The number of hydrogen-bond acceptors (Lipinski definition) is 3. The number of aliphatic hydroxyl groups is 2. The van der Waals surface area contributed by atoms with E-state index in [0.717, 1.165) is 6.42 Å². The quantitative estimate of drug-likeness (QED) is 0.812. The number of nitrogens with zero attached hydrogens (tertiary/aromatic N) is 1. The van der Waals surface area contributed by atoms with Gasteiger partial charge in [-0.2, -0.15) is 0 Å². The van der Waals surface area contributed by atoms with Crippen LogP contribution in [0.4, 0.5) is 0 Å². The van der Waals surface area contributed by atoms with Crippen LogP contribution in [0, 0.1) is 23.7 Å². The van der Waals surface area contributed by atoms with Gasteiger partial charge in [0.2, 0.25) is 5.91 Å². The third kappa shape index (κ3) is 2.84. The van der Waals surface area contributed by atoms with Crippen LogP contribution in [0.5, 0.6) is 0 Å². The van der Waals surface area contributed by atoms with E-state index in [1.54, 1.807) is 0 Å². The molecule has 2 N–H and O–H groups in total. The van der Waals surface area contributed by atoms with Gasteiger partial charge in [0.15, 0.2) is 0 Å². The maximum Gasteiger partial charge on any atom is 0.227 e. The van der Waals surface area contributed by atoms with E-state index < -0.39 is 6.10 Å². The maximum atomic E-state index is 12.0. The minimum absolute atomic E-state index is 0.0296. The molecule has 0 radical (unpaired) electrons. The van der Waals surface area contributed by atoms with Crippen molar-refractivity contribution in [2.24, 2.45) is 23.7 Å². The molecule has 1 aliphatic heterocycles. The summed E-state index contributed by atoms with van der Waals surface area (Å²) in [6, 6.07) is 0. The van der Waals surface area contributed by atoms with Crippen molar-refractivity contribution in [2.75, 3.05) is 13.2 Å². The molecule has 108 valence electrons. The largest absolute Gasteiger partial charge is 0.396 e. The number of rotatable bonds is 3. The first-order chi connectivity index (χ1) is 8.93. The van der Waals surface area contributed by atoms with E-state index in [1.807, 2.05) is 18.0 Å². The molecule has 1 saturated carbocycles. The number of hydrogen-bond donors (Lipinski definition) is 2. The zero-order chi connectivity index (χ0) is 14.2. The van der Waals surface area contributed by atoms with Crippen LogP contribution in [0.15, 0.2) is 11.8 Å². The molecule has 1 amide bonds. The van der Waals surface area contributed by atoms with Gasteiger partial charge in [-0.1, -0.05) is 19.4 Å². The van der Waals surface area contributed by atoms with Crippen LogP contribution in [0.3, 0.4) is 0 Å². The molecular weight excluding hydrogens is 242 g/mol. The first-order valence-electron chi connectivity index (χ1n) is 7.20. The Balaban J connectivity index is 2.04. The second-order valence-corrected chi connectivity index (χ2v) is 6.31. The number of carbonyl (C=O) groups excluding carboxylic acids is 1. The second-order valence-electron chi connectivity index (χ2n) is 6.31. The van der Waals surface area contributed by atoms with Crippen molar-refractivity contribution >= 4 is 5.91 Å². The zero-order valence-electron chi connectivity index (χ0n) is 12.0. The van der Waals surface area contributed by atoms with Crippen molar-refractivity contribution in [2.45, 2.75) is 39.7 Å². The van der Waals surface area contributed by atoms with Gasteiger partial charge < -0.3 is 15.1 Å². The molecule has 4 nitrogen and oxygen atoms in total. The predicted octanol–water partition coefficient (Wildman–Crippen LogP) is 1.38. The third-order valence-electron chi connectivity index (χ3n) is 4.97. The smallest absolute Gasteiger partial charge is 0.227 e. The molecule has 5 unspecified atom stereocenters. The highest BCUT2D eigenvalue weighted by Gasteiger charge is 2.40. The lowest BCUT2D eigenvalue weighted by Crippen LogP contribution is -2.36. The first-order valence-corrected chi connectivity index (χ1v) is 7.20. The number of allylic oxidation sites excluding steroid dienone is 1. The summed E-state index contributed by atoms with van der Waals surface area (Å²) in [6.45, 7) is 6.84. The Morgan fingerprint density at radius 3 is 2.63 bits per heavy atom. The van der Waals surface area contributed by atoms with Crippen LogP contribution < -0.4 is 0 Å². The van der Waals surface area contributed by atoms with Gasteiger partial charge in [0.1, 0.15) is 0 Å². The lowest BCUT2D eigenvalue weighted by atomic mass is 9.93. The Morgan fingerprint density at radius 1 is 1.37 bits per heavy atom. The minimum Gasteiger partial charge on any atom is -0.396 e. The van der Waals surface area contributed by atoms with Crippen LogP contribution >= 0.6 is 0 Å². The maximum absolute atomic E-state index is 12.0. The molecule has 1 aliphatic carbocycles. The van der Waals surface area contributed by atoms with Crippen molar-refractivity contribution < 1.29 is 15.0 Å². The van der Waals surface area contributed by atoms with Gasteiger partial charge in [0.05, 0.1) is 6.10 Å². The molecule has 4 heteroatoms. The van der Waals surface area contributed by atoms with E-state index >= 15 is 0 Å². The second kappa shape index (κ2) is 5.63. The Kier molecular flexibility index (Phi) is 4.31. The summed E-state index contributed by atoms with van der Waals surface area (Å²) >= 11 is 0. The molecule has 0 aromatic carbocycles. The van der Waals surface area contributed by atoms with Gasteiger partial charge in [0.25, 0.3) is 0 Å². The summed E-state index contributed by atoms with van der Waals surface area (Å²) in [6.07, 6.45) is 2.89. The topological polar surface area (TPSA) is 60.8 Å². The molecular formula is C15H25NO3. The van der Waals surface area contributed by atoms with E-state index in [0.29, 0.717) is 18.9 Å². The van der Waals surface area contributed by atoms with E-state index in [1.165, 1.54) is 5.57 Å². The molecule has 1 heterocycles. The van der Waals surface area contributed by atoms with Crippen molar-refractivity contribution in [1.29, 1.82) is 0 Å². The van der Waals surface area contributed by atoms with Crippen molar-refractivity contribution in [3.05, 3.63) is 11.8 Å². The average molecular weight is 267 g/mol. The summed E-state index contributed by atoms with van der Waals surface area (Å²) in [5.41, 5.74) is 1.24. The highest BCUT2D eigenvalue weighted by atomic mass is 16.3. The normalized spacial score (nSPS) is 39.6. The number of carbonyl (C=O) groups is 1. The van der Waals surface area contributed by atoms with Crippen molar-refractivity contribution in [3.8, 4) is 0 Å². The molecule has 2 aliphatic rings. The lowest BCUT2D eigenvalue weighted by Gasteiger charge is -2.31. The lowest BCUT2D eigenvalue weighted by molar-refractivity contribution is -0.130. The van der Waals surface area contributed by atoms with E-state index in [4.69, 9.17) is 0 Å². The van der Waals surface area contributed by atoms with E-state index in [9.17, 15) is 15.0 Å².